The molecular weight excluding hydrogens is 232 g/mol. The number of pyridine rings is 1. The van der Waals surface area contributed by atoms with Crippen molar-refractivity contribution < 1.29 is 9.90 Å². The summed E-state index contributed by atoms with van der Waals surface area (Å²) in [6.07, 6.45) is 0. The second-order valence-electron chi connectivity index (χ2n) is 3.25. The summed E-state index contributed by atoms with van der Waals surface area (Å²) < 4.78 is 1.22. The number of halogens is 1. The van der Waals surface area contributed by atoms with Gasteiger partial charge >= 0.3 is 5.97 Å². The van der Waals surface area contributed by atoms with Gasteiger partial charge in [-0.05, 0) is 19.1 Å². The Morgan fingerprint density at radius 1 is 1.50 bits per heavy atom. The van der Waals surface area contributed by atoms with E-state index in [9.17, 15) is 9.59 Å². The number of nitrogens with zero attached hydrogens (tertiary/aromatic N) is 2. The summed E-state index contributed by atoms with van der Waals surface area (Å²) in [5.74, 6) is -1.37. The summed E-state index contributed by atoms with van der Waals surface area (Å²) in [5.41, 5.74) is -0.233. The van der Waals surface area contributed by atoms with Crippen LogP contribution in [0.5, 0.6) is 0 Å². The van der Waals surface area contributed by atoms with Gasteiger partial charge in [-0.15, -0.1) is 0 Å². The van der Waals surface area contributed by atoms with Gasteiger partial charge in [0.15, 0.2) is 10.7 Å². The number of carboxylic acid groups (broad SMARTS) is 1. The topological polar surface area (TPSA) is 71.7 Å². The number of carboxylic acids is 1. The quantitative estimate of drug-likeness (QED) is 0.762. The molecule has 5 nitrogen and oxygen atoms in total. The fraction of sp³-hybridized carbons (Fsp3) is 0.100. The Labute approximate surface area is 94.9 Å². The van der Waals surface area contributed by atoms with Crippen LogP contribution in [0.1, 0.15) is 16.1 Å². The number of fused-ring (bicyclic) bond motifs is 1. The van der Waals surface area contributed by atoms with Gasteiger partial charge in [-0.25, -0.2) is 9.78 Å². The molecule has 0 aliphatic heterocycles. The third-order valence-corrected chi connectivity index (χ3v) is 2.49. The third kappa shape index (κ3) is 1.45. The van der Waals surface area contributed by atoms with Crippen LogP contribution in [0.4, 0.5) is 0 Å². The molecule has 0 bridgehead atoms. The number of rotatable bonds is 1. The second-order valence-corrected chi connectivity index (χ2v) is 3.61. The molecule has 0 saturated heterocycles. The van der Waals surface area contributed by atoms with Crippen LogP contribution in [0.25, 0.3) is 5.65 Å². The third-order valence-electron chi connectivity index (χ3n) is 2.21. The summed E-state index contributed by atoms with van der Waals surface area (Å²) in [5, 5.41) is 8.57. The second kappa shape index (κ2) is 3.61. The molecule has 0 atom stereocenters. The predicted molar refractivity (Wildman–Crippen MR) is 58.2 cm³/mol. The molecule has 1 N–H and O–H groups in total. The van der Waals surface area contributed by atoms with E-state index in [1.165, 1.54) is 4.40 Å². The summed E-state index contributed by atoms with van der Waals surface area (Å²) in [4.78, 5) is 26.6. The highest BCUT2D eigenvalue weighted by molar-refractivity contribution is 6.32. The lowest BCUT2D eigenvalue weighted by molar-refractivity contribution is 0.0694. The first kappa shape index (κ1) is 10.6. The molecule has 82 valence electrons. The zero-order valence-electron chi connectivity index (χ0n) is 8.27. The van der Waals surface area contributed by atoms with Crippen LogP contribution in [0.2, 0.25) is 5.15 Å². The lowest BCUT2D eigenvalue weighted by atomic mass is 10.3. The van der Waals surface area contributed by atoms with Gasteiger partial charge in [0.25, 0.3) is 5.56 Å². The van der Waals surface area contributed by atoms with Crippen molar-refractivity contribution in [3.63, 3.8) is 0 Å². The molecule has 0 aliphatic carbocycles. The molecule has 16 heavy (non-hydrogen) atoms. The Hall–Kier alpha value is -1.88. The summed E-state index contributed by atoms with van der Waals surface area (Å²) in [6.45, 7) is 1.69. The highest BCUT2D eigenvalue weighted by Crippen LogP contribution is 2.11. The Morgan fingerprint density at radius 2 is 2.19 bits per heavy atom. The monoisotopic (exact) mass is 238 g/mol. The van der Waals surface area contributed by atoms with Crippen LogP contribution in [0.15, 0.2) is 23.0 Å². The van der Waals surface area contributed by atoms with Crippen LogP contribution in [-0.2, 0) is 0 Å². The Kier molecular flexibility index (Phi) is 2.40. The molecule has 0 amide bonds. The molecule has 2 aromatic rings. The maximum atomic E-state index is 11.9. The van der Waals surface area contributed by atoms with E-state index in [4.69, 9.17) is 16.7 Å². The average Bonchev–Trinajstić information content (AvgIpc) is 2.15. The SMILES string of the molecule is Cc1cccc2nc(Cl)c(C(=O)O)c(=O)n12. The molecule has 0 unspecified atom stereocenters. The van der Waals surface area contributed by atoms with Gasteiger partial charge in [0.1, 0.15) is 5.65 Å². The Bertz CT molecular complexity index is 648. The van der Waals surface area contributed by atoms with Gasteiger partial charge in [0.05, 0.1) is 0 Å². The molecule has 0 radical (unpaired) electrons. The minimum absolute atomic E-state index is 0.289. The zero-order valence-corrected chi connectivity index (χ0v) is 9.02. The molecular formula is C10H7ClN2O3. The van der Waals surface area contributed by atoms with Crippen LogP contribution < -0.4 is 5.56 Å². The highest BCUT2D eigenvalue weighted by atomic mass is 35.5. The van der Waals surface area contributed by atoms with Gasteiger partial charge in [0.2, 0.25) is 0 Å². The van der Waals surface area contributed by atoms with Crippen LogP contribution in [0, 0.1) is 6.92 Å². The van der Waals surface area contributed by atoms with Gasteiger partial charge < -0.3 is 5.11 Å². The van der Waals surface area contributed by atoms with E-state index >= 15 is 0 Å². The van der Waals surface area contributed by atoms with Crippen molar-refractivity contribution in [2.75, 3.05) is 0 Å². The molecule has 0 saturated carbocycles. The number of aromatic carboxylic acids is 1. The van der Waals surface area contributed by atoms with Gasteiger partial charge in [0, 0.05) is 5.69 Å². The van der Waals surface area contributed by atoms with Crippen molar-refractivity contribution in [2.24, 2.45) is 0 Å². The Morgan fingerprint density at radius 3 is 2.81 bits per heavy atom. The molecule has 2 heterocycles. The zero-order chi connectivity index (χ0) is 11.9. The van der Waals surface area contributed by atoms with Gasteiger partial charge in [-0.1, -0.05) is 17.7 Å². The van der Waals surface area contributed by atoms with Crippen LogP contribution in [-0.4, -0.2) is 20.5 Å². The average molecular weight is 239 g/mol. The van der Waals surface area contributed by atoms with E-state index in [-0.39, 0.29) is 5.15 Å². The molecule has 2 rings (SSSR count). The van der Waals surface area contributed by atoms with Crippen molar-refractivity contribution in [1.29, 1.82) is 0 Å². The smallest absolute Gasteiger partial charge is 0.344 e. The Balaban J connectivity index is 3.03. The normalized spacial score (nSPS) is 10.6. The summed E-state index contributed by atoms with van der Waals surface area (Å²) >= 11 is 5.65. The lowest BCUT2D eigenvalue weighted by Crippen LogP contribution is -2.25. The fourth-order valence-corrected chi connectivity index (χ4v) is 1.74. The van der Waals surface area contributed by atoms with Crippen molar-refractivity contribution in [3.05, 3.63) is 45.0 Å². The largest absolute Gasteiger partial charge is 0.477 e. The van der Waals surface area contributed by atoms with Crippen molar-refractivity contribution >= 4 is 23.2 Å². The van der Waals surface area contributed by atoms with E-state index in [1.54, 1.807) is 25.1 Å². The first-order chi connectivity index (χ1) is 7.52. The van der Waals surface area contributed by atoms with E-state index < -0.39 is 17.1 Å². The fourth-order valence-electron chi connectivity index (χ4n) is 1.49. The number of aryl methyl sites for hydroxylation is 1. The van der Waals surface area contributed by atoms with E-state index in [1.807, 2.05) is 0 Å². The number of hydrogen-bond donors (Lipinski definition) is 1. The minimum atomic E-state index is -1.37. The highest BCUT2D eigenvalue weighted by Gasteiger charge is 2.18. The van der Waals surface area contributed by atoms with Crippen molar-refractivity contribution in [3.8, 4) is 0 Å². The molecule has 2 aromatic heterocycles. The summed E-state index contributed by atoms with van der Waals surface area (Å²) in [7, 11) is 0. The minimum Gasteiger partial charge on any atom is -0.477 e. The molecule has 0 aliphatic rings. The first-order valence-corrected chi connectivity index (χ1v) is 4.81. The molecule has 0 spiro atoms. The van der Waals surface area contributed by atoms with Gasteiger partial charge in [-0.3, -0.25) is 9.20 Å². The predicted octanol–water partition coefficient (Wildman–Crippen LogP) is 1.35. The molecule has 0 aromatic carbocycles. The van der Waals surface area contributed by atoms with Crippen molar-refractivity contribution in [2.45, 2.75) is 6.92 Å². The number of hydrogen-bond acceptors (Lipinski definition) is 3. The van der Waals surface area contributed by atoms with Gasteiger partial charge in [-0.2, -0.15) is 0 Å². The number of carbonyl (C=O) groups is 1. The maximum Gasteiger partial charge on any atom is 0.344 e. The number of aromatic nitrogens is 2. The van der Waals surface area contributed by atoms with Crippen molar-refractivity contribution in [1.82, 2.24) is 9.38 Å². The van der Waals surface area contributed by atoms with E-state index in [0.29, 0.717) is 11.3 Å². The maximum absolute atomic E-state index is 11.9. The lowest BCUT2D eigenvalue weighted by Gasteiger charge is -2.05. The standard InChI is InChI=1S/C10H7ClN2O3/c1-5-3-2-4-6-12-8(11)7(10(15)16)9(14)13(5)6/h2-4H,1H3,(H,15,16). The van der Waals surface area contributed by atoms with E-state index in [2.05, 4.69) is 4.98 Å². The van der Waals surface area contributed by atoms with Crippen LogP contribution in [0.3, 0.4) is 0 Å². The summed E-state index contributed by atoms with van der Waals surface area (Å²) in [6, 6.07) is 5.00. The first-order valence-electron chi connectivity index (χ1n) is 4.43. The van der Waals surface area contributed by atoms with Crippen LogP contribution >= 0.6 is 11.6 Å². The van der Waals surface area contributed by atoms with E-state index in [0.717, 1.165) is 0 Å². The molecule has 0 fully saturated rings. The molecule has 6 heteroatoms.